The fraction of sp³-hybridized carbons (Fsp3) is 0.346. The van der Waals surface area contributed by atoms with Gasteiger partial charge in [0.25, 0.3) is 0 Å². The lowest BCUT2D eigenvalue weighted by Gasteiger charge is -2.32. The monoisotopic (exact) mass is 461 g/mol. The maximum Gasteiger partial charge on any atom is 0.224 e. The molecule has 0 saturated carbocycles. The molecule has 0 radical (unpaired) electrons. The highest BCUT2D eigenvalue weighted by atomic mass is 35.5. The van der Waals surface area contributed by atoms with Crippen LogP contribution in [0, 0.1) is 17.2 Å². The second-order valence-corrected chi connectivity index (χ2v) is 9.00. The molecule has 1 fully saturated rings. The van der Waals surface area contributed by atoms with Crippen molar-refractivity contribution in [2.45, 2.75) is 32.4 Å². The summed E-state index contributed by atoms with van der Waals surface area (Å²) in [5.74, 6) is 0.144. The van der Waals surface area contributed by atoms with Gasteiger partial charge in [0.2, 0.25) is 5.91 Å². The van der Waals surface area contributed by atoms with Gasteiger partial charge in [-0.25, -0.2) is 4.98 Å². The van der Waals surface area contributed by atoms with E-state index in [1.54, 1.807) is 0 Å². The summed E-state index contributed by atoms with van der Waals surface area (Å²) in [6.45, 7) is 3.87. The molecule has 6 nitrogen and oxygen atoms in total. The summed E-state index contributed by atoms with van der Waals surface area (Å²) >= 11 is 6.11. The Morgan fingerprint density at radius 3 is 2.82 bits per heavy atom. The number of nitrogens with zero attached hydrogens (tertiary/aromatic N) is 4. The average molecular weight is 462 g/mol. The largest absolute Gasteiger partial charge is 0.355 e. The number of benzene rings is 2. The highest BCUT2D eigenvalue weighted by Crippen LogP contribution is 2.20. The number of nitrogens with one attached hydrogen (secondary N) is 1. The van der Waals surface area contributed by atoms with E-state index < -0.39 is 0 Å². The number of imidazole rings is 1. The van der Waals surface area contributed by atoms with Crippen LogP contribution in [0.4, 0.5) is 0 Å². The smallest absolute Gasteiger partial charge is 0.224 e. The molecule has 1 unspecified atom stereocenters. The van der Waals surface area contributed by atoms with Gasteiger partial charge in [-0.05, 0) is 54.8 Å². The van der Waals surface area contributed by atoms with Crippen molar-refractivity contribution < 1.29 is 4.79 Å². The first kappa shape index (κ1) is 23.0. The number of aromatic nitrogens is 2. The number of carbonyl (C=O) groups excluding carboxylic acids is 1. The third-order valence-corrected chi connectivity index (χ3v) is 6.32. The lowest BCUT2D eigenvalue weighted by Crippen LogP contribution is -2.43. The van der Waals surface area contributed by atoms with E-state index in [2.05, 4.69) is 31.9 Å². The minimum absolute atomic E-state index is 0.0153. The third kappa shape index (κ3) is 6.44. The van der Waals surface area contributed by atoms with Crippen molar-refractivity contribution in [3.8, 4) is 6.07 Å². The van der Waals surface area contributed by atoms with Gasteiger partial charge in [0.05, 0.1) is 23.9 Å². The van der Waals surface area contributed by atoms with Crippen LogP contribution < -0.4 is 5.32 Å². The van der Waals surface area contributed by atoms with Crippen molar-refractivity contribution in [2.24, 2.45) is 5.92 Å². The number of amides is 1. The van der Waals surface area contributed by atoms with Gasteiger partial charge >= 0.3 is 0 Å². The van der Waals surface area contributed by atoms with Crippen molar-refractivity contribution in [3.05, 3.63) is 88.5 Å². The molecule has 0 aliphatic carbocycles. The van der Waals surface area contributed by atoms with Crippen LogP contribution in [0.25, 0.3) is 0 Å². The van der Waals surface area contributed by atoms with E-state index in [-0.39, 0.29) is 11.8 Å². The molecule has 1 saturated heterocycles. The van der Waals surface area contributed by atoms with E-state index in [9.17, 15) is 4.79 Å². The quantitative estimate of drug-likeness (QED) is 0.549. The van der Waals surface area contributed by atoms with Gasteiger partial charge < -0.3 is 9.88 Å². The molecule has 1 atom stereocenters. The summed E-state index contributed by atoms with van der Waals surface area (Å²) < 4.78 is 2.08. The van der Waals surface area contributed by atoms with Crippen molar-refractivity contribution >= 4 is 17.5 Å². The van der Waals surface area contributed by atoms with Crippen LogP contribution in [0.15, 0.2) is 61.1 Å². The molecule has 2 aromatic carbocycles. The second-order valence-electron chi connectivity index (χ2n) is 8.57. The molecule has 170 valence electrons. The number of carbonyl (C=O) groups is 1. The van der Waals surface area contributed by atoms with Crippen molar-refractivity contribution in [2.75, 3.05) is 19.6 Å². The molecule has 4 rings (SSSR count). The molecule has 0 spiro atoms. The maximum absolute atomic E-state index is 12.8. The second kappa shape index (κ2) is 11.1. The van der Waals surface area contributed by atoms with Crippen LogP contribution in [-0.4, -0.2) is 40.0 Å². The highest BCUT2D eigenvalue weighted by Gasteiger charge is 2.25. The minimum Gasteiger partial charge on any atom is -0.355 e. The van der Waals surface area contributed by atoms with E-state index >= 15 is 0 Å². The number of halogens is 1. The molecule has 3 aromatic rings. The highest BCUT2D eigenvalue weighted by molar-refractivity contribution is 6.30. The van der Waals surface area contributed by atoms with E-state index in [1.165, 1.54) is 5.56 Å². The lowest BCUT2D eigenvalue weighted by molar-refractivity contribution is -0.126. The number of rotatable bonds is 8. The fourth-order valence-corrected chi connectivity index (χ4v) is 4.56. The van der Waals surface area contributed by atoms with Crippen LogP contribution >= 0.6 is 11.6 Å². The number of nitriles is 1. The number of likely N-dealkylation sites (tertiary alicyclic amines) is 1. The summed E-state index contributed by atoms with van der Waals surface area (Å²) in [5, 5.41) is 12.8. The zero-order chi connectivity index (χ0) is 23.0. The van der Waals surface area contributed by atoms with Gasteiger partial charge in [-0.1, -0.05) is 35.9 Å². The van der Waals surface area contributed by atoms with Crippen molar-refractivity contribution in [3.63, 3.8) is 0 Å². The molecule has 0 bridgehead atoms. The number of hydrogen-bond donors (Lipinski definition) is 1. The van der Waals surface area contributed by atoms with Crippen LogP contribution in [0.5, 0.6) is 0 Å². The van der Waals surface area contributed by atoms with E-state index in [4.69, 9.17) is 16.9 Å². The average Bonchev–Trinajstić information content (AvgIpc) is 3.26. The van der Waals surface area contributed by atoms with Crippen molar-refractivity contribution in [1.29, 1.82) is 5.26 Å². The molecule has 1 amide bonds. The van der Waals surface area contributed by atoms with Crippen LogP contribution in [0.1, 0.15) is 35.2 Å². The molecule has 2 heterocycles. The van der Waals surface area contributed by atoms with E-state index in [1.807, 2.05) is 55.0 Å². The molecule has 1 aromatic heterocycles. The SMILES string of the molecule is N#Cc1ccc(Cn2cncc2CCNC(=O)C2CCCN(Cc3cccc(Cl)c3)C2)cc1. The Hall–Kier alpha value is -3.14. The van der Waals surface area contributed by atoms with Gasteiger partial charge in [-0.3, -0.25) is 9.69 Å². The van der Waals surface area contributed by atoms with Crippen LogP contribution in [0.3, 0.4) is 0 Å². The Morgan fingerprint density at radius 1 is 1.18 bits per heavy atom. The summed E-state index contributed by atoms with van der Waals surface area (Å²) in [6, 6.07) is 17.6. The van der Waals surface area contributed by atoms with Gasteiger partial charge in [0.1, 0.15) is 0 Å². The first-order chi connectivity index (χ1) is 16.1. The standard InChI is InChI=1S/C26H28ClN5O/c27-24-5-1-3-22(13-24)16-31-12-2-4-23(18-31)26(33)30-11-10-25-15-29-19-32(25)17-21-8-6-20(14-28)7-9-21/h1,3,5-9,13,15,19,23H,2,4,10-12,16-18H2,(H,30,33). The fourth-order valence-electron chi connectivity index (χ4n) is 4.34. The summed E-state index contributed by atoms with van der Waals surface area (Å²) in [5.41, 5.74) is 4.02. The first-order valence-electron chi connectivity index (χ1n) is 11.3. The zero-order valence-corrected chi connectivity index (χ0v) is 19.3. The summed E-state index contributed by atoms with van der Waals surface area (Å²) in [6.07, 6.45) is 6.33. The Bertz CT molecular complexity index is 1120. The lowest BCUT2D eigenvalue weighted by atomic mass is 9.96. The first-order valence-corrected chi connectivity index (χ1v) is 11.7. The van der Waals surface area contributed by atoms with Gasteiger partial charge in [-0.15, -0.1) is 0 Å². The Labute approximate surface area is 199 Å². The van der Waals surface area contributed by atoms with Gasteiger partial charge in [0, 0.05) is 49.5 Å². The molecular formula is C26H28ClN5O. The Kier molecular flexibility index (Phi) is 7.77. The normalized spacial score (nSPS) is 16.3. The topological polar surface area (TPSA) is 74.0 Å². The Balaban J connectivity index is 1.25. The Morgan fingerprint density at radius 2 is 2.03 bits per heavy atom. The van der Waals surface area contributed by atoms with Crippen LogP contribution in [-0.2, 0) is 24.3 Å². The van der Waals surface area contributed by atoms with Crippen LogP contribution in [0.2, 0.25) is 5.02 Å². The predicted molar refractivity (Wildman–Crippen MR) is 129 cm³/mol. The van der Waals surface area contributed by atoms with Crippen molar-refractivity contribution in [1.82, 2.24) is 19.8 Å². The summed E-state index contributed by atoms with van der Waals surface area (Å²) in [4.78, 5) is 19.4. The molecule has 1 aliphatic heterocycles. The zero-order valence-electron chi connectivity index (χ0n) is 18.6. The third-order valence-electron chi connectivity index (χ3n) is 6.09. The van der Waals surface area contributed by atoms with E-state index in [0.717, 1.165) is 55.2 Å². The molecular weight excluding hydrogens is 434 g/mol. The molecule has 1 N–H and O–H groups in total. The minimum atomic E-state index is 0.0153. The number of hydrogen-bond acceptors (Lipinski definition) is 4. The molecule has 7 heteroatoms. The van der Waals surface area contributed by atoms with Gasteiger partial charge in [0.15, 0.2) is 0 Å². The molecule has 33 heavy (non-hydrogen) atoms. The molecule has 1 aliphatic rings. The number of piperidine rings is 1. The van der Waals surface area contributed by atoms with E-state index in [0.29, 0.717) is 18.7 Å². The van der Waals surface area contributed by atoms with Gasteiger partial charge in [-0.2, -0.15) is 5.26 Å². The maximum atomic E-state index is 12.8. The summed E-state index contributed by atoms with van der Waals surface area (Å²) in [7, 11) is 0. The predicted octanol–water partition coefficient (Wildman–Crippen LogP) is 4.03.